The number of carbonyl (C=O) groups excluding carboxylic acids is 1. The molecule has 0 aromatic heterocycles. The summed E-state index contributed by atoms with van der Waals surface area (Å²) in [6, 6.07) is 9.94. The quantitative estimate of drug-likeness (QED) is 0.636. The van der Waals surface area contributed by atoms with Crippen molar-refractivity contribution in [2.45, 2.75) is 6.92 Å². The number of non-ortho nitro benzene ring substituents is 1. The van der Waals surface area contributed by atoms with Crippen LogP contribution < -0.4 is 5.32 Å². The number of nitrogens with one attached hydrogen (secondary N) is 1. The molecule has 0 aliphatic rings. The Labute approximate surface area is 97.2 Å². The second kappa shape index (κ2) is 4.21. The summed E-state index contributed by atoms with van der Waals surface area (Å²) in [7, 11) is 0. The van der Waals surface area contributed by atoms with Gasteiger partial charge in [-0.3, -0.25) is 14.9 Å². The van der Waals surface area contributed by atoms with Crippen LogP contribution in [0.4, 0.5) is 11.4 Å². The van der Waals surface area contributed by atoms with E-state index in [1.165, 1.54) is 13.0 Å². The number of fused-ring (bicyclic) bond motifs is 1. The number of nitro benzene ring substituents is 1. The molecular formula is C12H10N2O3. The highest BCUT2D eigenvalue weighted by Crippen LogP contribution is 2.27. The van der Waals surface area contributed by atoms with Crippen molar-refractivity contribution in [3.8, 4) is 0 Å². The lowest BCUT2D eigenvalue weighted by atomic mass is 10.1. The van der Waals surface area contributed by atoms with Crippen LogP contribution in [0.1, 0.15) is 6.92 Å². The minimum atomic E-state index is -0.431. The minimum absolute atomic E-state index is 0.0368. The highest BCUT2D eigenvalue weighted by Gasteiger charge is 2.11. The average molecular weight is 230 g/mol. The van der Waals surface area contributed by atoms with Gasteiger partial charge in [0.05, 0.1) is 10.3 Å². The molecule has 5 heteroatoms. The summed E-state index contributed by atoms with van der Waals surface area (Å²) in [6.07, 6.45) is 0. The molecular weight excluding hydrogens is 220 g/mol. The molecule has 2 aromatic rings. The van der Waals surface area contributed by atoms with Crippen molar-refractivity contribution in [3.05, 3.63) is 46.5 Å². The molecule has 0 radical (unpaired) electrons. The van der Waals surface area contributed by atoms with Crippen LogP contribution in [-0.4, -0.2) is 10.8 Å². The molecule has 1 amide bonds. The van der Waals surface area contributed by atoms with E-state index >= 15 is 0 Å². The van der Waals surface area contributed by atoms with Crippen LogP contribution in [0.5, 0.6) is 0 Å². The fourth-order valence-electron chi connectivity index (χ4n) is 1.70. The summed E-state index contributed by atoms with van der Waals surface area (Å²) in [6.45, 7) is 1.39. The molecule has 0 bridgehead atoms. The number of nitrogens with zero attached hydrogens (tertiary/aromatic N) is 1. The summed E-state index contributed by atoms with van der Waals surface area (Å²) >= 11 is 0. The first kappa shape index (κ1) is 11.1. The number of amides is 1. The second-order valence-corrected chi connectivity index (χ2v) is 3.65. The lowest BCUT2D eigenvalue weighted by Gasteiger charge is -2.04. The van der Waals surface area contributed by atoms with Gasteiger partial charge in [0.15, 0.2) is 0 Å². The van der Waals surface area contributed by atoms with E-state index in [1.807, 2.05) is 0 Å². The van der Waals surface area contributed by atoms with E-state index in [2.05, 4.69) is 5.32 Å². The van der Waals surface area contributed by atoms with Gasteiger partial charge in [-0.05, 0) is 17.5 Å². The summed E-state index contributed by atoms with van der Waals surface area (Å²) in [4.78, 5) is 21.4. The summed E-state index contributed by atoms with van der Waals surface area (Å²) in [5.74, 6) is -0.206. The van der Waals surface area contributed by atoms with Gasteiger partial charge in [0.25, 0.3) is 5.69 Å². The maximum Gasteiger partial charge on any atom is 0.277 e. The molecule has 0 heterocycles. The van der Waals surface area contributed by atoms with Gasteiger partial charge < -0.3 is 5.32 Å². The zero-order chi connectivity index (χ0) is 12.4. The van der Waals surface area contributed by atoms with Crippen LogP contribution in [0.2, 0.25) is 0 Å². The van der Waals surface area contributed by atoms with E-state index in [1.54, 1.807) is 30.3 Å². The van der Waals surface area contributed by atoms with Crippen molar-refractivity contribution in [2.75, 3.05) is 5.32 Å². The molecule has 86 valence electrons. The molecule has 0 aliphatic carbocycles. The smallest absolute Gasteiger partial charge is 0.277 e. The Morgan fingerprint density at radius 3 is 2.71 bits per heavy atom. The first-order valence-corrected chi connectivity index (χ1v) is 5.02. The van der Waals surface area contributed by atoms with E-state index < -0.39 is 4.92 Å². The van der Waals surface area contributed by atoms with Crippen molar-refractivity contribution >= 4 is 28.1 Å². The molecule has 0 unspecified atom stereocenters. The van der Waals surface area contributed by atoms with E-state index in [0.29, 0.717) is 11.1 Å². The van der Waals surface area contributed by atoms with E-state index in [4.69, 9.17) is 0 Å². The molecule has 0 saturated carbocycles. The standard InChI is InChI=1S/C12H10N2O3/c1-8(15)13-10-6-5-9-3-2-4-12(14(16)17)11(9)7-10/h2-7H,1H3,(H,13,15). The Kier molecular flexibility index (Phi) is 2.74. The largest absolute Gasteiger partial charge is 0.326 e. The fraction of sp³-hybridized carbons (Fsp3) is 0.0833. The minimum Gasteiger partial charge on any atom is -0.326 e. The van der Waals surface area contributed by atoms with Crippen LogP contribution in [0.25, 0.3) is 10.8 Å². The monoisotopic (exact) mass is 230 g/mol. The number of rotatable bonds is 2. The molecule has 5 nitrogen and oxygen atoms in total. The molecule has 17 heavy (non-hydrogen) atoms. The summed E-state index contributed by atoms with van der Waals surface area (Å²) in [5.41, 5.74) is 0.592. The Balaban J connectivity index is 2.61. The van der Waals surface area contributed by atoms with Gasteiger partial charge in [-0.25, -0.2) is 0 Å². The molecule has 0 fully saturated rings. The van der Waals surface area contributed by atoms with Crippen molar-refractivity contribution in [2.24, 2.45) is 0 Å². The third-order valence-corrected chi connectivity index (χ3v) is 2.38. The van der Waals surface area contributed by atoms with Crippen LogP contribution in [0.15, 0.2) is 36.4 Å². The van der Waals surface area contributed by atoms with Gasteiger partial charge in [-0.1, -0.05) is 18.2 Å². The number of nitro groups is 1. The SMILES string of the molecule is CC(=O)Nc1ccc2cccc([N+](=O)[O-])c2c1. The van der Waals surface area contributed by atoms with Gasteiger partial charge in [0.1, 0.15) is 0 Å². The maximum atomic E-state index is 10.9. The van der Waals surface area contributed by atoms with Gasteiger partial charge in [0.2, 0.25) is 5.91 Å². The van der Waals surface area contributed by atoms with Crippen molar-refractivity contribution in [3.63, 3.8) is 0 Å². The molecule has 0 aliphatic heterocycles. The second-order valence-electron chi connectivity index (χ2n) is 3.65. The number of anilines is 1. The highest BCUT2D eigenvalue weighted by molar-refractivity contribution is 5.96. The first-order chi connectivity index (χ1) is 8.08. The first-order valence-electron chi connectivity index (χ1n) is 5.02. The van der Waals surface area contributed by atoms with Gasteiger partial charge in [-0.15, -0.1) is 0 Å². The van der Waals surface area contributed by atoms with E-state index in [9.17, 15) is 14.9 Å². The van der Waals surface area contributed by atoms with Crippen molar-refractivity contribution < 1.29 is 9.72 Å². The highest BCUT2D eigenvalue weighted by atomic mass is 16.6. The predicted molar refractivity (Wildman–Crippen MR) is 64.9 cm³/mol. The Morgan fingerprint density at radius 1 is 1.29 bits per heavy atom. The number of benzene rings is 2. The average Bonchev–Trinajstić information content (AvgIpc) is 2.27. The maximum absolute atomic E-state index is 10.9. The van der Waals surface area contributed by atoms with Gasteiger partial charge in [0, 0.05) is 18.7 Å². The van der Waals surface area contributed by atoms with Crippen LogP contribution in [0, 0.1) is 10.1 Å². The Bertz CT molecular complexity index is 608. The number of carbonyl (C=O) groups is 1. The lowest BCUT2D eigenvalue weighted by Crippen LogP contribution is -2.05. The molecule has 0 spiro atoms. The van der Waals surface area contributed by atoms with E-state index in [-0.39, 0.29) is 11.6 Å². The predicted octanol–water partition coefficient (Wildman–Crippen LogP) is 2.71. The van der Waals surface area contributed by atoms with E-state index in [0.717, 1.165) is 5.39 Å². The topological polar surface area (TPSA) is 72.2 Å². The lowest BCUT2D eigenvalue weighted by molar-refractivity contribution is -0.383. The number of hydrogen-bond donors (Lipinski definition) is 1. The molecule has 0 atom stereocenters. The molecule has 1 N–H and O–H groups in total. The third-order valence-electron chi connectivity index (χ3n) is 2.38. The molecule has 0 saturated heterocycles. The van der Waals surface area contributed by atoms with Crippen molar-refractivity contribution in [1.29, 1.82) is 0 Å². The van der Waals surface area contributed by atoms with Crippen molar-refractivity contribution in [1.82, 2.24) is 0 Å². The van der Waals surface area contributed by atoms with Crippen LogP contribution in [0.3, 0.4) is 0 Å². The van der Waals surface area contributed by atoms with Gasteiger partial charge in [-0.2, -0.15) is 0 Å². The fourth-order valence-corrected chi connectivity index (χ4v) is 1.70. The van der Waals surface area contributed by atoms with Gasteiger partial charge >= 0.3 is 0 Å². The number of hydrogen-bond acceptors (Lipinski definition) is 3. The Hall–Kier alpha value is -2.43. The summed E-state index contributed by atoms with van der Waals surface area (Å²) < 4.78 is 0. The normalized spacial score (nSPS) is 10.2. The van der Waals surface area contributed by atoms with Crippen LogP contribution in [-0.2, 0) is 4.79 Å². The molecule has 2 aromatic carbocycles. The molecule has 2 rings (SSSR count). The van der Waals surface area contributed by atoms with Crippen LogP contribution >= 0.6 is 0 Å². The zero-order valence-electron chi connectivity index (χ0n) is 9.14. The Morgan fingerprint density at radius 2 is 2.06 bits per heavy atom. The zero-order valence-corrected chi connectivity index (χ0v) is 9.14. The summed E-state index contributed by atoms with van der Waals surface area (Å²) in [5, 5.41) is 14.8. The third kappa shape index (κ3) is 2.23.